The number of aryl methyl sites for hydroxylation is 2. The SMILES string of the molecule is Cc1ncsc1-c1ccc([C@H](C)NC(=O)[C@@H]2C[C@@H](O)CN2C(=O)[C@@H](NC(=O)CCCCCc2cc(Cl)cc(OCCCCC(N)=O)c2F)C(C)(C)C)cc1. The molecule has 0 saturated carbocycles. The summed E-state index contributed by atoms with van der Waals surface area (Å²) in [6.45, 7) is 9.58. The molecule has 294 valence electrons. The average molecular weight is 786 g/mol. The zero-order valence-corrected chi connectivity index (χ0v) is 33.3. The summed E-state index contributed by atoms with van der Waals surface area (Å²) in [4.78, 5) is 58.4. The van der Waals surface area contributed by atoms with Crippen LogP contribution in [0.25, 0.3) is 10.4 Å². The second kappa shape index (κ2) is 19.5. The van der Waals surface area contributed by atoms with Crippen molar-refractivity contribution in [1.29, 1.82) is 0 Å². The summed E-state index contributed by atoms with van der Waals surface area (Å²) in [5.74, 6) is -1.92. The molecule has 0 radical (unpaired) electrons. The highest BCUT2D eigenvalue weighted by Gasteiger charge is 2.44. The second-order valence-electron chi connectivity index (χ2n) is 15.1. The monoisotopic (exact) mass is 785 g/mol. The van der Waals surface area contributed by atoms with E-state index in [1.807, 2.05) is 64.4 Å². The van der Waals surface area contributed by atoms with Crippen molar-refractivity contribution in [2.75, 3.05) is 13.2 Å². The Morgan fingerprint density at radius 2 is 1.78 bits per heavy atom. The number of thiazole rings is 1. The zero-order chi connectivity index (χ0) is 39.6. The van der Waals surface area contributed by atoms with Crippen LogP contribution in [0.15, 0.2) is 41.9 Å². The van der Waals surface area contributed by atoms with E-state index in [0.29, 0.717) is 49.1 Å². The molecule has 54 heavy (non-hydrogen) atoms. The minimum absolute atomic E-state index is 0.0151. The van der Waals surface area contributed by atoms with Crippen LogP contribution in [-0.4, -0.2) is 70.0 Å². The minimum atomic E-state index is -0.930. The number of aromatic nitrogens is 1. The van der Waals surface area contributed by atoms with Gasteiger partial charge in [-0.1, -0.05) is 63.1 Å². The molecule has 4 amide bonds. The van der Waals surface area contributed by atoms with E-state index in [9.17, 15) is 24.3 Å². The maximum atomic E-state index is 15.1. The first-order valence-electron chi connectivity index (χ1n) is 18.5. The molecular formula is C40H53ClFN5O6S. The van der Waals surface area contributed by atoms with Crippen molar-refractivity contribution in [3.05, 3.63) is 69.6 Å². The number of hydrogen-bond donors (Lipinski definition) is 4. The fourth-order valence-electron chi connectivity index (χ4n) is 6.52. The molecule has 1 saturated heterocycles. The lowest BCUT2D eigenvalue weighted by Crippen LogP contribution is -2.57. The number of nitrogens with one attached hydrogen (secondary N) is 2. The molecule has 1 aliphatic rings. The summed E-state index contributed by atoms with van der Waals surface area (Å²) in [6, 6.07) is 8.72. The summed E-state index contributed by atoms with van der Waals surface area (Å²) < 4.78 is 20.7. The lowest BCUT2D eigenvalue weighted by atomic mass is 9.85. The number of carbonyl (C=O) groups is 4. The quantitative estimate of drug-likeness (QED) is 0.108. The first kappa shape index (κ1) is 42.7. The molecule has 4 atom stereocenters. The Morgan fingerprint density at radius 3 is 2.43 bits per heavy atom. The maximum absolute atomic E-state index is 15.1. The highest BCUT2D eigenvalue weighted by Crippen LogP contribution is 2.31. The smallest absolute Gasteiger partial charge is 0.246 e. The van der Waals surface area contributed by atoms with Gasteiger partial charge in [-0.15, -0.1) is 11.3 Å². The number of amides is 4. The number of nitrogens with two attached hydrogens (primary N) is 1. The van der Waals surface area contributed by atoms with Crippen molar-refractivity contribution in [3.8, 4) is 16.2 Å². The number of aliphatic hydroxyl groups is 1. The standard InChI is InChI=1S/C40H53ClFN5O6S/c1-24(26-14-16-27(17-15-26)36-25(2)44-23-54-36)45-38(51)31-21-30(48)22-47(31)39(52)37(40(3,4)5)46-34(50)13-8-6-7-11-28-19-29(41)20-32(35(28)42)53-18-10-9-12-33(43)49/h14-17,19-20,23-24,30-31,37,48H,6-13,18,21-22H2,1-5H3,(H2,43,49)(H,45,51)(H,46,50)/t24-,30+,31-,37+/m0/s1. The molecule has 11 nitrogen and oxygen atoms in total. The van der Waals surface area contributed by atoms with E-state index in [0.717, 1.165) is 21.7 Å². The Bertz CT molecular complexity index is 1760. The highest BCUT2D eigenvalue weighted by molar-refractivity contribution is 7.13. The van der Waals surface area contributed by atoms with Crippen molar-refractivity contribution < 1.29 is 33.4 Å². The van der Waals surface area contributed by atoms with Gasteiger partial charge in [-0.2, -0.15) is 0 Å². The molecular weight excluding hydrogens is 733 g/mol. The molecule has 1 fully saturated rings. The van der Waals surface area contributed by atoms with Crippen LogP contribution in [0.4, 0.5) is 4.39 Å². The van der Waals surface area contributed by atoms with Crippen LogP contribution in [0.5, 0.6) is 5.75 Å². The number of hydrogen-bond acceptors (Lipinski definition) is 8. The molecule has 0 bridgehead atoms. The van der Waals surface area contributed by atoms with Crippen molar-refractivity contribution in [2.24, 2.45) is 11.1 Å². The number of β-amino-alcohol motifs (C(OH)–C–C–N with tert-alkyl or cyclic N) is 1. The predicted octanol–water partition coefficient (Wildman–Crippen LogP) is 6.42. The van der Waals surface area contributed by atoms with E-state index in [4.69, 9.17) is 22.1 Å². The van der Waals surface area contributed by atoms with Crippen molar-refractivity contribution in [2.45, 2.75) is 117 Å². The summed E-state index contributed by atoms with van der Waals surface area (Å²) in [6.07, 6.45) is 2.85. The van der Waals surface area contributed by atoms with E-state index >= 15 is 4.39 Å². The summed E-state index contributed by atoms with van der Waals surface area (Å²) in [5.41, 5.74) is 9.59. The molecule has 5 N–H and O–H groups in total. The number of ether oxygens (including phenoxy) is 1. The first-order valence-corrected chi connectivity index (χ1v) is 19.8. The van der Waals surface area contributed by atoms with Crippen LogP contribution in [0.3, 0.4) is 0 Å². The number of likely N-dealkylation sites (tertiary alicyclic amines) is 1. The molecule has 0 unspecified atom stereocenters. The third kappa shape index (κ3) is 12.0. The average Bonchev–Trinajstić information content (AvgIpc) is 3.72. The van der Waals surface area contributed by atoms with Gasteiger partial charge in [0.05, 0.1) is 34.8 Å². The Balaban J connectivity index is 1.28. The number of halogens is 2. The fourth-order valence-corrected chi connectivity index (χ4v) is 7.56. The second-order valence-corrected chi connectivity index (χ2v) is 16.4. The van der Waals surface area contributed by atoms with Gasteiger partial charge in [0.15, 0.2) is 11.6 Å². The lowest BCUT2D eigenvalue weighted by molar-refractivity contribution is -0.144. The van der Waals surface area contributed by atoms with Crippen LogP contribution in [0.2, 0.25) is 5.02 Å². The zero-order valence-electron chi connectivity index (χ0n) is 31.8. The Morgan fingerprint density at radius 1 is 1.07 bits per heavy atom. The van der Waals surface area contributed by atoms with Crippen LogP contribution in [0.1, 0.15) is 102 Å². The van der Waals surface area contributed by atoms with Crippen LogP contribution in [0, 0.1) is 18.2 Å². The van der Waals surface area contributed by atoms with Gasteiger partial charge >= 0.3 is 0 Å². The maximum Gasteiger partial charge on any atom is 0.246 e. The number of carbonyl (C=O) groups excluding carboxylic acids is 4. The van der Waals surface area contributed by atoms with Gasteiger partial charge in [0.25, 0.3) is 0 Å². The van der Waals surface area contributed by atoms with E-state index in [-0.39, 0.29) is 56.0 Å². The Hall–Kier alpha value is -4.07. The summed E-state index contributed by atoms with van der Waals surface area (Å²) in [7, 11) is 0. The lowest BCUT2D eigenvalue weighted by Gasteiger charge is -2.35. The molecule has 2 heterocycles. The van der Waals surface area contributed by atoms with Crippen LogP contribution in [-0.2, 0) is 25.6 Å². The van der Waals surface area contributed by atoms with Gasteiger partial charge in [-0.05, 0) is 74.1 Å². The molecule has 2 aromatic carbocycles. The van der Waals surface area contributed by atoms with Gasteiger partial charge < -0.3 is 31.1 Å². The largest absolute Gasteiger partial charge is 0.490 e. The Labute approximate surface area is 326 Å². The van der Waals surface area contributed by atoms with Crippen molar-refractivity contribution >= 4 is 46.6 Å². The van der Waals surface area contributed by atoms with Crippen LogP contribution < -0.4 is 21.1 Å². The van der Waals surface area contributed by atoms with Gasteiger partial charge in [0.1, 0.15) is 12.1 Å². The number of nitrogens with zero attached hydrogens (tertiary/aromatic N) is 2. The van der Waals surface area contributed by atoms with E-state index in [2.05, 4.69) is 15.6 Å². The number of aliphatic hydroxyl groups excluding tert-OH is 1. The minimum Gasteiger partial charge on any atom is -0.490 e. The van der Waals surface area contributed by atoms with E-state index in [1.54, 1.807) is 17.4 Å². The molecule has 0 spiro atoms. The number of primary amides is 1. The molecule has 14 heteroatoms. The number of benzene rings is 2. The van der Waals surface area contributed by atoms with Gasteiger partial charge in [0, 0.05) is 36.9 Å². The van der Waals surface area contributed by atoms with Crippen molar-refractivity contribution in [1.82, 2.24) is 20.5 Å². The summed E-state index contributed by atoms with van der Waals surface area (Å²) >= 11 is 7.79. The number of unbranched alkanes of at least 4 members (excludes halogenated alkanes) is 3. The topological polar surface area (TPSA) is 164 Å². The predicted molar refractivity (Wildman–Crippen MR) is 208 cm³/mol. The van der Waals surface area contributed by atoms with Gasteiger partial charge in [-0.25, -0.2) is 9.37 Å². The number of rotatable bonds is 18. The molecule has 3 aromatic rings. The molecule has 1 aromatic heterocycles. The third-order valence-corrected chi connectivity index (χ3v) is 10.8. The van der Waals surface area contributed by atoms with Gasteiger partial charge in [-0.3, -0.25) is 19.2 Å². The van der Waals surface area contributed by atoms with Gasteiger partial charge in [0.2, 0.25) is 23.6 Å². The first-order chi connectivity index (χ1) is 25.5. The third-order valence-electron chi connectivity index (χ3n) is 9.56. The molecule has 0 aliphatic carbocycles. The molecule has 1 aliphatic heterocycles. The van der Waals surface area contributed by atoms with Crippen LogP contribution >= 0.6 is 22.9 Å². The summed E-state index contributed by atoms with van der Waals surface area (Å²) in [5, 5.41) is 16.8. The van der Waals surface area contributed by atoms with Crippen molar-refractivity contribution in [3.63, 3.8) is 0 Å². The Kier molecular flexibility index (Phi) is 15.4. The van der Waals surface area contributed by atoms with E-state index in [1.165, 1.54) is 11.0 Å². The fraction of sp³-hybridized carbons (Fsp3) is 0.525. The normalized spacial score (nSPS) is 16.9. The highest BCUT2D eigenvalue weighted by atomic mass is 35.5. The molecule has 4 rings (SSSR count). The van der Waals surface area contributed by atoms with E-state index < -0.39 is 41.2 Å².